The van der Waals surface area contributed by atoms with Crippen LogP contribution in [-0.2, 0) is 28.6 Å². The van der Waals surface area contributed by atoms with Crippen molar-refractivity contribution >= 4 is 17.9 Å². The summed E-state index contributed by atoms with van der Waals surface area (Å²) in [6.07, 6.45) is 87.7. The average molecular weight is 1100 g/mol. The van der Waals surface area contributed by atoms with Gasteiger partial charge in [0, 0.05) is 19.3 Å². The number of allylic oxidation sites excluding steroid dienone is 12. The fourth-order valence-corrected chi connectivity index (χ4v) is 9.95. The van der Waals surface area contributed by atoms with Crippen molar-refractivity contribution in [1.29, 1.82) is 0 Å². The second-order valence-electron chi connectivity index (χ2n) is 23.1. The Morgan fingerprint density at radius 1 is 0.253 bits per heavy atom. The molecule has 6 nitrogen and oxygen atoms in total. The van der Waals surface area contributed by atoms with Crippen LogP contribution >= 0.6 is 0 Å². The van der Waals surface area contributed by atoms with E-state index in [1.807, 2.05) is 0 Å². The first-order chi connectivity index (χ1) is 39.0. The molecule has 0 heterocycles. The van der Waals surface area contributed by atoms with Crippen molar-refractivity contribution in [2.45, 2.75) is 361 Å². The molecule has 6 heteroatoms. The van der Waals surface area contributed by atoms with Gasteiger partial charge in [0.05, 0.1) is 0 Å². The molecule has 0 aliphatic heterocycles. The van der Waals surface area contributed by atoms with E-state index in [0.717, 1.165) is 83.5 Å². The molecule has 0 fully saturated rings. The lowest BCUT2D eigenvalue weighted by Gasteiger charge is -2.18. The van der Waals surface area contributed by atoms with Gasteiger partial charge in [0.2, 0.25) is 0 Å². The maximum atomic E-state index is 12.9. The number of hydrogen-bond donors (Lipinski definition) is 0. The summed E-state index contributed by atoms with van der Waals surface area (Å²) >= 11 is 0. The molecule has 0 N–H and O–H groups in total. The van der Waals surface area contributed by atoms with E-state index in [2.05, 4.69) is 93.7 Å². The zero-order valence-corrected chi connectivity index (χ0v) is 52.6. The Morgan fingerprint density at radius 3 is 0.747 bits per heavy atom. The summed E-state index contributed by atoms with van der Waals surface area (Å²) in [5, 5.41) is 0. The van der Waals surface area contributed by atoms with Crippen molar-refractivity contribution in [3.8, 4) is 0 Å². The van der Waals surface area contributed by atoms with Crippen molar-refractivity contribution in [1.82, 2.24) is 0 Å². The Kier molecular flexibility index (Phi) is 64.7. The molecule has 458 valence electrons. The molecule has 0 bridgehead atoms. The number of hydrogen-bond acceptors (Lipinski definition) is 6. The zero-order valence-electron chi connectivity index (χ0n) is 52.6. The van der Waals surface area contributed by atoms with Crippen molar-refractivity contribution < 1.29 is 28.6 Å². The third kappa shape index (κ3) is 65.5. The van der Waals surface area contributed by atoms with Crippen LogP contribution in [0.1, 0.15) is 355 Å². The van der Waals surface area contributed by atoms with Crippen LogP contribution in [0.5, 0.6) is 0 Å². The van der Waals surface area contributed by atoms with Crippen LogP contribution in [-0.4, -0.2) is 37.2 Å². The second-order valence-corrected chi connectivity index (χ2v) is 23.1. The van der Waals surface area contributed by atoms with E-state index < -0.39 is 6.10 Å². The van der Waals surface area contributed by atoms with Crippen LogP contribution in [0, 0.1) is 0 Å². The Balaban J connectivity index is 4.35. The van der Waals surface area contributed by atoms with Crippen molar-refractivity contribution in [3.63, 3.8) is 0 Å². The fraction of sp³-hybridized carbons (Fsp3) is 0.795. The molecule has 0 saturated heterocycles. The van der Waals surface area contributed by atoms with E-state index in [9.17, 15) is 14.4 Å². The fourth-order valence-electron chi connectivity index (χ4n) is 9.95. The Morgan fingerprint density at radius 2 is 0.456 bits per heavy atom. The maximum absolute atomic E-state index is 12.9. The molecule has 0 aromatic rings. The molecule has 1 unspecified atom stereocenters. The monoisotopic (exact) mass is 1100 g/mol. The minimum absolute atomic E-state index is 0.0790. The SMILES string of the molecule is CCCCC/C=C\C/C=C\CCCCCCCCCC(=O)OCC(COC(=O)CCCCCCCCCCCC/C=C\C/C=C\C/C=C\CCCCCCC)OC(=O)CCCCCCCCCCC/C=C\CCCCCCCC. The largest absolute Gasteiger partial charge is 0.462 e. The van der Waals surface area contributed by atoms with Crippen LogP contribution in [0.4, 0.5) is 0 Å². The molecule has 1 atom stereocenters. The number of carbonyl (C=O) groups excluding carboxylic acids is 3. The first kappa shape index (κ1) is 75.8. The lowest BCUT2D eigenvalue weighted by atomic mass is 10.0. The smallest absolute Gasteiger partial charge is 0.306 e. The summed E-state index contributed by atoms with van der Waals surface area (Å²) in [5.41, 5.74) is 0. The van der Waals surface area contributed by atoms with E-state index in [4.69, 9.17) is 14.2 Å². The van der Waals surface area contributed by atoms with Crippen molar-refractivity contribution in [2.75, 3.05) is 13.2 Å². The summed E-state index contributed by atoms with van der Waals surface area (Å²) in [5.74, 6) is -0.874. The molecule has 0 rings (SSSR count). The van der Waals surface area contributed by atoms with Gasteiger partial charge in [0.1, 0.15) is 13.2 Å². The molecule has 0 aliphatic carbocycles. The van der Waals surface area contributed by atoms with Crippen LogP contribution in [0.15, 0.2) is 72.9 Å². The summed E-state index contributed by atoms with van der Waals surface area (Å²) < 4.78 is 17.0. The van der Waals surface area contributed by atoms with Gasteiger partial charge >= 0.3 is 17.9 Å². The predicted octanol–water partition coefficient (Wildman–Crippen LogP) is 23.7. The van der Waals surface area contributed by atoms with Gasteiger partial charge < -0.3 is 14.2 Å². The highest BCUT2D eigenvalue weighted by Gasteiger charge is 2.19. The van der Waals surface area contributed by atoms with E-state index in [1.165, 1.54) is 231 Å². The molecule has 0 aromatic heterocycles. The number of ether oxygens (including phenoxy) is 3. The molecule has 0 saturated carbocycles. The molecule has 0 amide bonds. The number of rotatable bonds is 63. The maximum Gasteiger partial charge on any atom is 0.306 e. The van der Waals surface area contributed by atoms with E-state index >= 15 is 0 Å². The standard InChI is InChI=1S/C73H130O6/c1-4-7-10-13-16-19-22-25-28-31-33-34-35-36-37-38-40-42-45-48-51-54-57-60-63-66-72(75)78-69-70(68-77-71(74)65-62-59-56-53-50-47-44-41-30-27-24-21-18-15-12-9-6-3)79-73(76)67-64-61-58-55-52-49-46-43-39-32-29-26-23-20-17-14-11-8-5-2/h18,21-22,25-27,29-31,33,35-36,70H,4-17,19-20,23-24,28,32,34,37-69H2,1-3H3/b21-18-,25-22-,29-26-,30-27-,33-31-,36-35-. The molecule has 0 aromatic carbocycles. The summed E-state index contributed by atoms with van der Waals surface area (Å²) in [7, 11) is 0. The molecule has 79 heavy (non-hydrogen) atoms. The van der Waals surface area contributed by atoms with Gasteiger partial charge in [-0.2, -0.15) is 0 Å². The lowest BCUT2D eigenvalue weighted by molar-refractivity contribution is -0.167. The van der Waals surface area contributed by atoms with Crippen LogP contribution in [0.3, 0.4) is 0 Å². The van der Waals surface area contributed by atoms with Crippen LogP contribution in [0.25, 0.3) is 0 Å². The summed E-state index contributed by atoms with van der Waals surface area (Å²) in [6.45, 7) is 6.64. The number of unbranched alkanes of at least 4 members (excludes halogenated alkanes) is 40. The van der Waals surface area contributed by atoms with Crippen LogP contribution in [0.2, 0.25) is 0 Å². The second kappa shape index (κ2) is 67.4. The van der Waals surface area contributed by atoms with Crippen molar-refractivity contribution in [3.05, 3.63) is 72.9 Å². The molecule has 0 aliphatic rings. The highest BCUT2D eigenvalue weighted by atomic mass is 16.6. The Hall–Kier alpha value is -3.15. The van der Waals surface area contributed by atoms with Gasteiger partial charge in [-0.15, -0.1) is 0 Å². The van der Waals surface area contributed by atoms with Crippen LogP contribution < -0.4 is 0 Å². The van der Waals surface area contributed by atoms with E-state index in [1.54, 1.807) is 0 Å². The number of esters is 3. The first-order valence-corrected chi connectivity index (χ1v) is 34.4. The van der Waals surface area contributed by atoms with Crippen molar-refractivity contribution in [2.24, 2.45) is 0 Å². The number of carbonyl (C=O) groups is 3. The summed E-state index contributed by atoms with van der Waals surface area (Å²) in [6, 6.07) is 0. The topological polar surface area (TPSA) is 78.9 Å². The van der Waals surface area contributed by atoms with Gasteiger partial charge in [0.15, 0.2) is 6.10 Å². The first-order valence-electron chi connectivity index (χ1n) is 34.4. The Labute approximate surface area is 491 Å². The van der Waals surface area contributed by atoms with E-state index in [-0.39, 0.29) is 31.1 Å². The van der Waals surface area contributed by atoms with Gasteiger partial charge in [-0.3, -0.25) is 14.4 Å². The van der Waals surface area contributed by atoms with Gasteiger partial charge in [-0.25, -0.2) is 0 Å². The minimum atomic E-state index is -0.783. The summed E-state index contributed by atoms with van der Waals surface area (Å²) in [4.78, 5) is 38.4. The lowest BCUT2D eigenvalue weighted by Crippen LogP contribution is -2.30. The average Bonchev–Trinajstić information content (AvgIpc) is 3.45. The normalized spacial score (nSPS) is 12.5. The highest BCUT2D eigenvalue weighted by molar-refractivity contribution is 5.71. The van der Waals surface area contributed by atoms with Gasteiger partial charge in [0.25, 0.3) is 0 Å². The minimum Gasteiger partial charge on any atom is -0.462 e. The quantitative estimate of drug-likeness (QED) is 0.0261. The third-order valence-corrected chi connectivity index (χ3v) is 15.2. The third-order valence-electron chi connectivity index (χ3n) is 15.2. The van der Waals surface area contributed by atoms with E-state index in [0.29, 0.717) is 19.3 Å². The predicted molar refractivity (Wildman–Crippen MR) is 344 cm³/mol. The molecule has 0 radical (unpaired) electrons. The van der Waals surface area contributed by atoms with Gasteiger partial charge in [-0.1, -0.05) is 293 Å². The van der Waals surface area contributed by atoms with Gasteiger partial charge in [-0.05, 0) is 116 Å². The molecular formula is C73H130O6. The molecule has 0 spiro atoms. The highest BCUT2D eigenvalue weighted by Crippen LogP contribution is 2.17. The zero-order chi connectivity index (χ0) is 57.1. The molecular weight excluding hydrogens is 973 g/mol. The Bertz CT molecular complexity index is 1450.